The largest absolute Gasteiger partial charge is 0.496 e. The second-order valence-electron chi connectivity index (χ2n) is 7.61. The third-order valence-corrected chi connectivity index (χ3v) is 7.10. The van der Waals surface area contributed by atoms with Crippen LogP contribution in [0, 0.1) is 0 Å². The van der Waals surface area contributed by atoms with Gasteiger partial charge in [0.15, 0.2) is 6.29 Å². The molecule has 1 amide bonds. The van der Waals surface area contributed by atoms with E-state index < -0.39 is 12.2 Å². The van der Waals surface area contributed by atoms with E-state index in [9.17, 15) is 9.90 Å². The average molecular weight is 458 g/mol. The van der Waals surface area contributed by atoms with E-state index in [1.54, 1.807) is 13.2 Å². The van der Waals surface area contributed by atoms with Crippen LogP contribution in [0.4, 0.5) is 0 Å². The number of nitrogens with two attached hydrogens (primary N) is 1. The van der Waals surface area contributed by atoms with Gasteiger partial charge >= 0.3 is 0 Å². The van der Waals surface area contributed by atoms with E-state index in [0.29, 0.717) is 22.3 Å². The lowest BCUT2D eigenvalue weighted by atomic mass is 9.92. The summed E-state index contributed by atoms with van der Waals surface area (Å²) in [6, 6.07) is 15.5. The maximum absolute atomic E-state index is 11.8. The van der Waals surface area contributed by atoms with Gasteiger partial charge in [0, 0.05) is 22.5 Å². The molecule has 1 unspecified atom stereocenters. The third kappa shape index (κ3) is 4.08. The van der Waals surface area contributed by atoms with Crippen LogP contribution in [0.2, 0.25) is 4.34 Å². The van der Waals surface area contributed by atoms with Gasteiger partial charge in [-0.05, 0) is 48.6 Å². The van der Waals surface area contributed by atoms with E-state index in [-0.39, 0.29) is 5.41 Å². The van der Waals surface area contributed by atoms with Crippen molar-refractivity contribution in [2.45, 2.75) is 31.5 Å². The Balaban J connectivity index is 1.66. The quantitative estimate of drug-likeness (QED) is 0.454. The predicted molar refractivity (Wildman–Crippen MR) is 124 cm³/mol. The number of amides is 1. The number of hydrogen-bond donors (Lipinski definition) is 2. The van der Waals surface area contributed by atoms with E-state index >= 15 is 0 Å². The van der Waals surface area contributed by atoms with Crippen LogP contribution in [0.1, 0.15) is 35.7 Å². The molecule has 0 aliphatic heterocycles. The Morgan fingerprint density at radius 2 is 1.87 bits per heavy atom. The number of halogens is 1. The van der Waals surface area contributed by atoms with Gasteiger partial charge in [-0.1, -0.05) is 48.0 Å². The molecule has 1 aromatic heterocycles. The minimum Gasteiger partial charge on any atom is -0.496 e. The van der Waals surface area contributed by atoms with Gasteiger partial charge in [-0.15, -0.1) is 11.3 Å². The van der Waals surface area contributed by atoms with Gasteiger partial charge in [0.05, 0.1) is 17.0 Å². The summed E-state index contributed by atoms with van der Waals surface area (Å²) in [4.78, 5) is 12.5. The Morgan fingerprint density at radius 3 is 2.45 bits per heavy atom. The van der Waals surface area contributed by atoms with Crippen LogP contribution in [0.3, 0.4) is 0 Å². The number of methoxy groups -OCH3 is 1. The highest BCUT2D eigenvalue weighted by molar-refractivity contribution is 7.19. The fourth-order valence-corrected chi connectivity index (χ4v) is 5.17. The second-order valence-corrected chi connectivity index (χ2v) is 9.30. The molecule has 31 heavy (non-hydrogen) atoms. The summed E-state index contributed by atoms with van der Waals surface area (Å²) in [6.45, 7) is 2.37. The molecule has 0 radical (unpaired) electrons. The second kappa shape index (κ2) is 8.63. The molecule has 1 atom stereocenters. The van der Waals surface area contributed by atoms with E-state index in [2.05, 4.69) is 0 Å². The van der Waals surface area contributed by atoms with E-state index in [0.717, 1.165) is 40.0 Å². The first-order chi connectivity index (χ1) is 14.9. The predicted octanol–water partition coefficient (Wildman–Crippen LogP) is 5.23. The summed E-state index contributed by atoms with van der Waals surface area (Å²) in [5.74, 6) is 0.167. The van der Waals surface area contributed by atoms with Crippen molar-refractivity contribution in [3.63, 3.8) is 0 Å². The minimum absolute atomic E-state index is 0.300. The monoisotopic (exact) mass is 457 g/mol. The number of rotatable bonds is 8. The lowest BCUT2D eigenvalue weighted by Gasteiger charge is -2.22. The SMILES string of the molecule is CCOC(O)C1(c2ccc(-c3ccc(-c4sc(Cl)cc4C(N)=O)cc3OC)cc2)CC1. The van der Waals surface area contributed by atoms with Crippen LogP contribution in [0.5, 0.6) is 5.75 Å². The molecule has 1 heterocycles. The van der Waals surface area contributed by atoms with Crippen molar-refractivity contribution < 1.29 is 19.4 Å². The third-order valence-electron chi connectivity index (χ3n) is 5.79. The standard InChI is InChI=1S/C24H24ClNO4S/c1-3-30-23(28)24(10-11-24)16-7-4-14(5-8-16)17-9-6-15(12-19(17)29-2)21-18(22(26)27)13-20(25)31-21/h4-9,12-13,23,28H,3,10-11H2,1-2H3,(H2,26,27). The molecule has 0 saturated heterocycles. The fraction of sp³-hybridized carbons (Fsp3) is 0.292. The van der Waals surface area contributed by atoms with Crippen molar-refractivity contribution in [2.24, 2.45) is 5.73 Å². The number of carbonyl (C=O) groups excluding carboxylic acids is 1. The van der Waals surface area contributed by atoms with Gasteiger partial charge in [-0.2, -0.15) is 0 Å². The van der Waals surface area contributed by atoms with Gasteiger partial charge in [0.25, 0.3) is 0 Å². The number of aliphatic hydroxyl groups is 1. The Hall–Kier alpha value is -2.38. The average Bonchev–Trinajstić information content (AvgIpc) is 3.49. The first-order valence-corrected chi connectivity index (χ1v) is 11.3. The van der Waals surface area contributed by atoms with Crippen molar-refractivity contribution >= 4 is 28.8 Å². The number of hydrogen-bond acceptors (Lipinski definition) is 5. The zero-order valence-electron chi connectivity index (χ0n) is 17.4. The first-order valence-electron chi connectivity index (χ1n) is 10.1. The number of thiophene rings is 1. The molecule has 3 N–H and O–H groups in total. The first kappa shape index (κ1) is 21.8. The van der Waals surface area contributed by atoms with Crippen LogP contribution in [0.15, 0.2) is 48.5 Å². The maximum Gasteiger partial charge on any atom is 0.250 e. The molecule has 1 aliphatic carbocycles. The highest BCUT2D eigenvalue weighted by atomic mass is 35.5. The number of carbonyl (C=O) groups is 1. The summed E-state index contributed by atoms with van der Waals surface area (Å²) in [6.07, 6.45) is 1.04. The van der Waals surface area contributed by atoms with Crippen molar-refractivity contribution in [3.8, 4) is 27.3 Å². The van der Waals surface area contributed by atoms with Gasteiger partial charge in [-0.3, -0.25) is 4.79 Å². The van der Waals surface area contributed by atoms with Crippen molar-refractivity contribution in [1.82, 2.24) is 0 Å². The Morgan fingerprint density at radius 1 is 1.19 bits per heavy atom. The van der Waals surface area contributed by atoms with Crippen LogP contribution in [-0.4, -0.2) is 31.0 Å². The molecule has 2 aromatic carbocycles. The minimum atomic E-state index is -0.783. The Bertz CT molecular complexity index is 1110. The van der Waals surface area contributed by atoms with Crippen molar-refractivity contribution in [1.29, 1.82) is 0 Å². The topological polar surface area (TPSA) is 81.8 Å². The van der Waals surface area contributed by atoms with Gasteiger partial charge in [0.2, 0.25) is 5.91 Å². The molecule has 1 fully saturated rings. The maximum atomic E-state index is 11.8. The number of aliphatic hydroxyl groups excluding tert-OH is 1. The molecular weight excluding hydrogens is 434 g/mol. The van der Waals surface area contributed by atoms with Crippen LogP contribution in [0.25, 0.3) is 21.6 Å². The molecular formula is C24H24ClNO4S. The molecule has 7 heteroatoms. The number of ether oxygens (including phenoxy) is 2. The molecule has 0 bridgehead atoms. The Kier molecular flexibility index (Phi) is 6.08. The van der Waals surface area contributed by atoms with E-state index in [1.165, 1.54) is 11.3 Å². The summed E-state index contributed by atoms with van der Waals surface area (Å²) in [7, 11) is 1.62. The van der Waals surface area contributed by atoms with Crippen molar-refractivity contribution in [3.05, 3.63) is 64.0 Å². The molecule has 0 spiro atoms. The van der Waals surface area contributed by atoms with Gasteiger partial charge in [-0.25, -0.2) is 0 Å². The van der Waals surface area contributed by atoms with E-state index in [1.807, 2.05) is 49.4 Å². The smallest absolute Gasteiger partial charge is 0.250 e. The Labute approximate surface area is 190 Å². The molecule has 1 aliphatic rings. The molecule has 4 rings (SSSR count). The summed E-state index contributed by atoms with van der Waals surface area (Å²) in [5.41, 5.74) is 9.42. The van der Waals surface area contributed by atoms with Gasteiger partial charge in [0.1, 0.15) is 5.75 Å². The van der Waals surface area contributed by atoms with Crippen LogP contribution >= 0.6 is 22.9 Å². The summed E-state index contributed by atoms with van der Waals surface area (Å²) in [5, 5.41) is 10.4. The normalized spacial score (nSPS) is 15.5. The van der Waals surface area contributed by atoms with Crippen LogP contribution < -0.4 is 10.5 Å². The summed E-state index contributed by atoms with van der Waals surface area (Å²) >= 11 is 7.42. The lowest BCUT2D eigenvalue weighted by molar-refractivity contribution is -0.119. The van der Waals surface area contributed by atoms with Gasteiger partial charge < -0.3 is 20.3 Å². The van der Waals surface area contributed by atoms with Crippen molar-refractivity contribution in [2.75, 3.05) is 13.7 Å². The highest BCUT2D eigenvalue weighted by Gasteiger charge is 2.51. The lowest BCUT2D eigenvalue weighted by Crippen LogP contribution is -2.28. The summed E-state index contributed by atoms with van der Waals surface area (Å²) < 4.78 is 11.6. The highest BCUT2D eigenvalue weighted by Crippen LogP contribution is 2.51. The molecule has 162 valence electrons. The van der Waals surface area contributed by atoms with E-state index in [4.69, 9.17) is 26.8 Å². The fourth-order valence-electron chi connectivity index (χ4n) is 3.94. The molecule has 1 saturated carbocycles. The number of benzene rings is 2. The molecule has 5 nitrogen and oxygen atoms in total. The number of primary amides is 1. The van der Waals surface area contributed by atoms with Crippen LogP contribution in [-0.2, 0) is 10.2 Å². The zero-order valence-corrected chi connectivity index (χ0v) is 18.9. The zero-order chi connectivity index (χ0) is 22.2. The molecule has 3 aromatic rings.